The lowest BCUT2D eigenvalue weighted by Crippen LogP contribution is -2.47. The van der Waals surface area contributed by atoms with Crippen molar-refractivity contribution in [2.75, 3.05) is 6.54 Å². The summed E-state index contributed by atoms with van der Waals surface area (Å²) in [5, 5.41) is 12.1. The first-order chi connectivity index (χ1) is 7.50. The van der Waals surface area contributed by atoms with Crippen LogP contribution in [0.1, 0.15) is 25.8 Å². The minimum atomic E-state index is -1.30. The Labute approximate surface area is 93.5 Å². The number of rotatable bonds is 5. The number of aromatic nitrogens is 1. The summed E-state index contributed by atoms with van der Waals surface area (Å²) in [5.41, 5.74) is -0.987. The molecule has 2 N–H and O–H groups in total. The molecule has 1 unspecified atom stereocenters. The van der Waals surface area contributed by atoms with E-state index in [9.17, 15) is 14.3 Å². The highest BCUT2D eigenvalue weighted by atomic mass is 19.1. The van der Waals surface area contributed by atoms with Gasteiger partial charge in [-0.2, -0.15) is 0 Å². The van der Waals surface area contributed by atoms with Crippen molar-refractivity contribution in [2.45, 2.75) is 25.8 Å². The summed E-state index contributed by atoms with van der Waals surface area (Å²) in [6.45, 7) is 3.97. The van der Waals surface area contributed by atoms with Gasteiger partial charge in [0.25, 0.3) is 0 Å². The van der Waals surface area contributed by atoms with E-state index in [4.69, 9.17) is 0 Å². The molecule has 4 nitrogen and oxygen atoms in total. The SMILES string of the molecule is CCCNC(C)(C(=O)O)c1cncc(F)c1. The maximum atomic E-state index is 13.0. The number of hydrogen-bond donors (Lipinski definition) is 2. The second-order valence-corrected chi connectivity index (χ2v) is 3.75. The Morgan fingerprint density at radius 2 is 2.31 bits per heavy atom. The molecule has 1 aromatic rings. The van der Waals surface area contributed by atoms with Crippen LogP contribution in [0, 0.1) is 5.82 Å². The number of nitrogens with zero attached hydrogens (tertiary/aromatic N) is 1. The molecule has 0 saturated carbocycles. The van der Waals surface area contributed by atoms with Crippen molar-refractivity contribution in [3.05, 3.63) is 29.8 Å². The number of nitrogens with one attached hydrogen (secondary N) is 1. The fourth-order valence-electron chi connectivity index (χ4n) is 1.36. The van der Waals surface area contributed by atoms with E-state index in [-0.39, 0.29) is 0 Å². The Morgan fingerprint density at radius 1 is 1.62 bits per heavy atom. The third kappa shape index (κ3) is 2.55. The van der Waals surface area contributed by atoms with Gasteiger partial charge in [0.2, 0.25) is 0 Å². The molecule has 1 aromatic heterocycles. The van der Waals surface area contributed by atoms with Gasteiger partial charge >= 0.3 is 5.97 Å². The highest BCUT2D eigenvalue weighted by molar-refractivity contribution is 5.80. The predicted molar refractivity (Wildman–Crippen MR) is 57.5 cm³/mol. The first kappa shape index (κ1) is 12.6. The van der Waals surface area contributed by atoms with Crippen molar-refractivity contribution in [3.8, 4) is 0 Å². The maximum Gasteiger partial charge on any atom is 0.328 e. The number of carbonyl (C=O) groups is 1. The van der Waals surface area contributed by atoms with Crippen molar-refractivity contribution in [3.63, 3.8) is 0 Å². The van der Waals surface area contributed by atoms with Crippen molar-refractivity contribution >= 4 is 5.97 Å². The third-order valence-corrected chi connectivity index (χ3v) is 2.44. The second kappa shape index (κ2) is 5.03. The third-order valence-electron chi connectivity index (χ3n) is 2.44. The summed E-state index contributed by atoms with van der Waals surface area (Å²) in [6, 6.07) is 1.18. The van der Waals surface area contributed by atoms with E-state index in [2.05, 4.69) is 10.3 Å². The van der Waals surface area contributed by atoms with E-state index < -0.39 is 17.3 Å². The minimum Gasteiger partial charge on any atom is -0.480 e. The van der Waals surface area contributed by atoms with Gasteiger partial charge < -0.3 is 5.11 Å². The molecule has 88 valence electrons. The first-order valence-electron chi connectivity index (χ1n) is 5.10. The fraction of sp³-hybridized carbons (Fsp3) is 0.455. The minimum absolute atomic E-state index is 0.313. The predicted octanol–water partition coefficient (Wildman–Crippen LogP) is 1.52. The zero-order valence-electron chi connectivity index (χ0n) is 9.33. The lowest BCUT2D eigenvalue weighted by atomic mass is 9.93. The van der Waals surface area contributed by atoms with Gasteiger partial charge in [-0.1, -0.05) is 6.92 Å². The van der Waals surface area contributed by atoms with Gasteiger partial charge in [-0.25, -0.2) is 9.18 Å². The largest absolute Gasteiger partial charge is 0.480 e. The molecule has 0 fully saturated rings. The van der Waals surface area contributed by atoms with Crippen LogP contribution in [0.4, 0.5) is 4.39 Å². The van der Waals surface area contributed by atoms with Gasteiger partial charge in [0.05, 0.1) is 6.20 Å². The van der Waals surface area contributed by atoms with Gasteiger partial charge in [-0.3, -0.25) is 10.3 Å². The summed E-state index contributed by atoms with van der Waals surface area (Å²) in [4.78, 5) is 14.9. The van der Waals surface area contributed by atoms with Crippen LogP contribution in [-0.2, 0) is 10.3 Å². The number of hydrogen-bond acceptors (Lipinski definition) is 3. The van der Waals surface area contributed by atoms with E-state index in [1.807, 2.05) is 6.92 Å². The maximum absolute atomic E-state index is 13.0. The molecule has 1 atom stereocenters. The van der Waals surface area contributed by atoms with Crippen LogP contribution in [0.25, 0.3) is 0 Å². The molecule has 16 heavy (non-hydrogen) atoms. The Hall–Kier alpha value is -1.49. The molecule has 1 rings (SSSR count). The Bertz CT molecular complexity index is 384. The molecular formula is C11H15FN2O2. The van der Waals surface area contributed by atoms with Gasteiger partial charge in [0.1, 0.15) is 11.4 Å². The van der Waals surface area contributed by atoms with E-state index in [0.29, 0.717) is 12.1 Å². The molecule has 1 heterocycles. The second-order valence-electron chi connectivity index (χ2n) is 3.75. The van der Waals surface area contributed by atoms with Crippen LogP contribution in [0.3, 0.4) is 0 Å². The molecule has 5 heteroatoms. The highest BCUT2D eigenvalue weighted by Gasteiger charge is 2.34. The Morgan fingerprint density at radius 3 is 2.81 bits per heavy atom. The number of halogens is 1. The lowest BCUT2D eigenvalue weighted by Gasteiger charge is -2.26. The van der Waals surface area contributed by atoms with Crippen LogP contribution in [0.5, 0.6) is 0 Å². The monoisotopic (exact) mass is 226 g/mol. The molecule has 0 bridgehead atoms. The van der Waals surface area contributed by atoms with E-state index in [0.717, 1.165) is 12.6 Å². The Kier molecular flexibility index (Phi) is 3.95. The fourth-order valence-corrected chi connectivity index (χ4v) is 1.36. The first-order valence-corrected chi connectivity index (χ1v) is 5.10. The van der Waals surface area contributed by atoms with E-state index in [1.165, 1.54) is 19.2 Å². The van der Waals surface area contributed by atoms with E-state index in [1.54, 1.807) is 0 Å². The van der Waals surface area contributed by atoms with Crippen LogP contribution in [0.2, 0.25) is 0 Å². The van der Waals surface area contributed by atoms with E-state index >= 15 is 0 Å². The van der Waals surface area contributed by atoms with Gasteiger partial charge in [0.15, 0.2) is 0 Å². The van der Waals surface area contributed by atoms with Gasteiger partial charge in [-0.15, -0.1) is 0 Å². The normalized spacial score (nSPS) is 14.4. The number of carboxylic acid groups (broad SMARTS) is 1. The van der Waals surface area contributed by atoms with Crippen molar-refractivity contribution in [1.82, 2.24) is 10.3 Å². The smallest absolute Gasteiger partial charge is 0.328 e. The molecule has 0 aromatic carbocycles. The molecule has 0 amide bonds. The van der Waals surface area contributed by atoms with Gasteiger partial charge in [-0.05, 0) is 26.0 Å². The van der Waals surface area contributed by atoms with Crippen molar-refractivity contribution < 1.29 is 14.3 Å². The summed E-state index contributed by atoms with van der Waals surface area (Å²) >= 11 is 0. The van der Waals surface area contributed by atoms with Crippen LogP contribution >= 0.6 is 0 Å². The quantitative estimate of drug-likeness (QED) is 0.799. The van der Waals surface area contributed by atoms with Crippen molar-refractivity contribution in [1.29, 1.82) is 0 Å². The highest BCUT2D eigenvalue weighted by Crippen LogP contribution is 2.20. The molecular weight excluding hydrogens is 211 g/mol. The average molecular weight is 226 g/mol. The summed E-state index contributed by atoms with van der Waals surface area (Å²) in [5.74, 6) is -1.59. The Balaban J connectivity index is 3.06. The molecule has 0 saturated heterocycles. The topological polar surface area (TPSA) is 62.2 Å². The summed E-state index contributed by atoms with van der Waals surface area (Å²) in [7, 11) is 0. The summed E-state index contributed by atoms with van der Waals surface area (Å²) in [6.07, 6.45) is 3.21. The average Bonchev–Trinajstić information content (AvgIpc) is 2.25. The lowest BCUT2D eigenvalue weighted by molar-refractivity contribution is -0.144. The van der Waals surface area contributed by atoms with Crippen molar-refractivity contribution in [2.24, 2.45) is 0 Å². The number of pyridine rings is 1. The number of carboxylic acids is 1. The molecule has 0 spiro atoms. The zero-order chi connectivity index (χ0) is 12.2. The van der Waals surface area contributed by atoms with Crippen LogP contribution < -0.4 is 5.32 Å². The van der Waals surface area contributed by atoms with Gasteiger partial charge in [0, 0.05) is 11.8 Å². The van der Waals surface area contributed by atoms with Crippen LogP contribution in [-0.4, -0.2) is 22.6 Å². The molecule has 0 aliphatic carbocycles. The van der Waals surface area contributed by atoms with Crippen LogP contribution in [0.15, 0.2) is 18.5 Å². The molecule has 0 aliphatic heterocycles. The summed E-state index contributed by atoms with van der Waals surface area (Å²) < 4.78 is 13.0. The zero-order valence-corrected chi connectivity index (χ0v) is 9.33. The standard InChI is InChI=1S/C11H15FN2O2/c1-3-4-14-11(2,10(15)16)8-5-9(12)7-13-6-8/h5-7,14H,3-4H2,1-2H3,(H,15,16). The molecule has 0 radical (unpaired) electrons. The number of aliphatic carboxylic acids is 1. The molecule has 0 aliphatic rings.